The smallest absolute Gasteiger partial charge is 0.460 e. The highest BCUT2D eigenvalue weighted by molar-refractivity contribution is 5.69. The third kappa shape index (κ3) is 6.21. The summed E-state index contributed by atoms with van der Waals surface area (Å²) in [5.74, 6) is -19.9. The Hall–Kier alpha value is -2.63. The molecule has 0 aliphatic heterocycles. The Balaban J connectivity index is 2.93. The van der Waals surface area contributed by atoms with Crippen LogP contribution in [0, 0.1) is 0 Å². The number of carbonyl (C=O) groups excluding carboxylic acids is 1. The zero-order chi connectivity index (χ0) is 24.8. The molecule has 0 heterocycles. The summed E-state index contributed by atoms with van der Waals surface area (Å²) in [6, 6.07) is 4.01. The van der Waals surface area contributed by atoms with E-state index in [4.69, 9.17) is 5.53 Å². The molecule has 1 aromatic rings. The molecule has 0 saturated heterocycles. The van der Waals surface area contributed by atoms with Crippen molar-refractivity contribution in [3.05, 3.63) is 45.8 Å². The molecule has 180 valence electrons. The van der Waals surface area contributed by atoms with Crippen molar-refractivity contribution in [1.29, 1.82) is 0 Å². The largest absolute Gasteiger partial charge is 0.469 e. The normalized spacial score (nSPS) is 13.9. The second-order valence-electron chi connectivity index (χ2n) is 6.78. The highest BCUT2D eigenvalue weighted by Crippen LogP contribution is 2.54. The van der Waals surface area contributed by atoms with Gasteiger partial charge in [-0.2, -0.15) is 39.5 Å². The first-order valence-corrected chi connectivity index (χ1v) is 9.00. The molecule has 5 nitrogen and oxygen atoms in total. The standard InChI is InChI=1S/C18H18F9N3O2/c1-32-14(31)4-2-3-11-5-7-12(8-6-11)13(29-30-28)9-10-15(19,20)16(21,22)17(23,24)18(25,26)27/h5-8,13H,2-4,9-10H2,1H3. The number of esters is 1. The lowest BCUT2D eigenvalue weighted by molar-refractivity contribution is -0.396. The average molecular weight is 479 g/mol. The fraction of sp³-hybridized carbons (Fsp3) is 0.611. The molecule has 0 spiro atoms. The van der Waals surface area contributed by atoms with Gasteiger partial charge in [0.05, 0.1) is 13.2 Å². The zero-order valence-corrected chi connectivity index (χ0v) is 16.5. The quantitative estimate of drug-likeness (QED) is 0.115. The first-order valence-electron chi connectivity index (χ1n) is 9.00. The van der Waals surface area contributed by atoms with Crippen LogP contribution in [0.1, 0.15) is 42.9 Å². The van der Waals surface area contributed by atoms with Crippen LogP contribution in [0.5, 0.6) is 0 Å². The minimum absolute atomic E-state index is 0.0567. The van der Waals surface area contributed by atoms with Gasteiger partial charge in [0.2, 0.25) is 0 Å². The van der Waals surface area contributed by atoms with Crippen molar-refractivity contribution >= 4 is 5.97 Å². The van der Waals surface area contributed by atoms with E-state index in [0.29, 0.717) is 18.4 Å². The van der Waals surface area contributed by atoms with Crippen molar-refractivity contribution in [1.82, 2.24) is 0 Å². The minimum atomic E-state index is -6.97. The van der Waals surface area contributed by atoms with Crippen molar-refractivity contribution in [2.75, 3.05) is 7.11 Å². The molecule has 0 aliphatic rings. The number of rotatable bonds is 11. The lowest BCUT2D eigenvalue weighted by Gasteiger charge is -2.34. The molecule has 14 heteroatoms. The summed E-state index contributed by atoms with van der Waals surface area (Å²) in [5, 5.41) is 3.15. The Kier molecular flexibility index (Phi) is 8.84. The van der Waals surface area contributed by atoms with Crippen molar-refractivity contribution < 1.29 is 49.0 Å². The number of azide groups is 1. The molecule has 0 bridgehead atoms. The van der Waals surface area contributed by atoms with E-state index in [-0.39, 0.29) is 12.0 Å². The van der Waals surface area contributed by atoms with E-state index in [1.165, 1.54) is 31.4 Å². The van der Waals surface area contributed by atoms with E-state index in [2.05, 4.69) is 14.8 Å². The number of hydrogen-bond acceptors (Lipinski definition) is 3. The summed E-state index contributed by atoms with van der Waals surface area (Å²) >= 11 is 0. The SMILES string of the molecule is COC(=O)CCCc1ccc(C(CCC(F)(F)C(F)(F)C(F)(F)C(F)(F)F)N=[N+]=[N-])cc1. The maximum absolute atomic E-state index is 13.7. The van der Waals surface area contributed by atoms with Crippen molar-refractivity contribution in [2.24, 2.45) is 5.11 Å². The van der Waals surface area contributed by atoms with E-state index in [9.17, 15) is 44.3 Å². The van der Waals surface area contributed by atoms with Crippen molar-refractivity contribution in [3.63, 3.8) is 0 Å². The van der Waals surface area contributed by atoms with Crippen LogP contribution >= 0.6 is 0 Å². The molecule has 1 rings (SSSR count). The summed E-state index contributed by atoms with van der Waals surface area (Å²) in [6.07, 6.45) is -9.16. The van der Waals surface area contributed by atoms with Crippen LogP contribution in [0.3, 0.4) is 0 Å². The van der Waals surface area contributed by atoms with E-state index < -0.39 is 48.8 Å². The van der Waals surface area contributed by atoms with Gasteiger partial charge in [0.1, 0.15) is 0 Å². The molecule has 0 aliphatic carbocycles. The zero-order valence-electron chi connectivity index (χ0n) is 16.5. The van der Waals surface area contributed by atoms with Crippen LogP contribution in [0.2, 0.25) is 0 Å². The molecular weight excluding hydrogens is 461 g/mol. The van der Waals surface area contributed by atoms with Crippen molar-refractivity contribution in [2.45, 2.75) is 62.1 Å². The Bertz CT molecular complexity index is 820. The van der Waals surface area contributed by atoms with Crippen LogP contribution in [0.25, 0.3) is 10.4 Å². The Morgan fingerprint density at radius 2 is 1.59 bits per heavy atom. The van der Waals surface area contributed by atoms with Gasteiger partial charge in [0.25, 0.3) is 0 Å². The molecule has 0 aromatic heterocycles. The van der Waals surface area contributed by atoms with E-state index in [0.717, 1.165) is 0 Å². The summed E-state index contributed by atoms with van der Waals surface area (Å²) in [6.45, 7) is 0. The van der Waals surface area contributed by atoms with Crippen LogP contribution in [0.15, 0.2) is 29.4 Å². The minimum Gasteiger partial charge on any atom is -0.469 e. The van der Waals surface area contributed by atoms with Gasteiger partial charge >= 0.3 is 29.9 Å². The van der Waals surface area contributed by atoms with Crippen LogP contribution in [-0.4, -0.2) is 37.0 Å². The van der Waals surface area contributed by atoms with Crippen LogP contribution < -0.4 is 0 Å². The summed E-state index contributed by atoms with van der Waals surface area (Å²) in [7, 11) is 1.22. The Labute approximate surface area is 176 Å². The number of aryl methyl sites for hydroxylation is 1. The Morgan fingerprint density at radius 3 is 2.06 bits per heavy atom. The van der Waals surface area contributed by atoms with Gasteiger partial charge in [-0.15, -0.1) is 0 Å². The molecule has 0 amide bonds. The first kappa shape index (κ1) is 27.4. The maximum atomic E-state index is 13.7. The van der Waals surface area contributed by atoms with Gasteiger partial charge in [-0.1, -0.05) is 29.4 Å². The highest BCUT2D eigenvalue weighted by Gasteiger charge is 2.81. The highest BCUT2D eigenvalue weighted by atomic mass is 19.4. The molecule has 1 unspecified atom stereocenters. The predicted octanol–water partition coefficient (Wildman–Crippen LogP) is 6.78. The van der Waals surface area contributed by atoms with Gasteiger partial charge in [-0.05, 0) is 35.9 Å². The second kappa shape index (κ2) is 10.3. The van der Waals surface area contributed by atoms with E-state index >= 15 is 0 Å². The van der Waals surface area contributed by atoms with Gasteiger partial charge in [0, 0.05) is 17.8 Å². The summed E-state index contributed by atoms with van der Waals surface area (Å²) in [4.78, 5) is 13.4. The molecule has 1 atom stereocenters. The van der Waals surface area contributed by atoms with Crippen LogP contribution in [-0.2, 0) is 16.0 Å². The fourth-order valence-corrected chi connectivity index (χ4v) is 2.68. The molecular formula is C18H18F9N3O2. The molecule has 0 radical (unpaired) electrons. The van der Waals surface area contributed by atoms with Gasteiger partial charge < -0.3 is 4.74 Å². The van der Waals surface area contributed by atoms with E-state index in [1.807, 2.05) is 0 Å². The van der Waals surface area contributed by atoms with Gasteiger partial charge in [-0.3, -0.25) is 4.79 Å². The molecule has 0 N–H and O–H groups in total. The van der Waals surface area contributed by atoms with Crippen LogP contribution in [0.4, 0.5) is 39.5 Å². The third-order valence-corrected chi connectivity index (χ3v) is 4.57. The Morgan fingerprint density at radius 1 is 1.03 bits per heavy atom. The average Bonchev–Trinajstić information content (AvgIpc) is 2.70. The number of hydrogen-bond donors (Lipinski definition) is 0. The lowest BCUT2D eigenvalue weighted by Crippen LogP contribution is -2.60. The molecule has 0 saturated carbocycles. The summed E-state index contributed by atoms with van der Waals surface area (Å²) < 4.78 is 121. The number of benzene rings is 1. The number of halogens is 9. The van der Waals surface area contributed by atoms with E-state index in [1.54, 1.807) is 0 Å². The third-order valence-electron chi connectivity index (χ3n) is 4.57. The first-order chi connectivity index (χ1) is 14.6. The summed E-state index contributed by atoms with van der Waals surface area (Å²) in [5.41, 5.74) is 9.32. The number of carbonyl (C=O) groups is 1. The lowest BCUT2D eigenvalue weighted by atomic mass is 9.94. The number of alkyl halides is 9. The van der Waals surface area contributed by atoms with Gasteiger partial charge in [0.15, 0.2) is 0 Å². The molecule has 0 fully saturated rings. The monoisotopic (exact) mass is 479 g/mol. The second-order valence-corrected chi connectivity index (χ2v) is 6.78. The molecule has 1 aromatic carbocycles. The predicted molar refractivity (Wildman–Crippen MR) is 93.4 cm³/mol. The number of ether oxygens (including phenoxy) is 1. The van der Waals surface area contributed by atoms with Gasteiger partial charge in [-0.25, -0.2) is 0 Å². The topological polar surface area (TPSA) is 75.1 Å². The maximum Gasteiger partial charge on any atom is 0.460 e. The molecule has 32 heavy (non-hydrogen) atoms. The number of methoxy groups -OCH3 is 1. The number of nitrogens with zero attached hydrogens (tertiary/aromatic N) is 3. The van der Waals surface area contributed by atoms with Crippen molar-refractivity contribution in [3.8, 4) is 0 Å². The fourth-order valence-electron chi connectivity index (χ4n) is 2.68.